The lowest BCUT2D eigenvalue weighted by atomic mass is 10.0. The van der Waals surface area contributed by atoms with Crippen LogP contribution in [0.5, 0.6) is 0 Å². The van der Waals surface area contributed by atoms with Crippen molar-refractivity contribution >= 4 is 5.91 Å². The maximum atomic E-state index is 12.0. The number of amides is 1. The van der Waals surface area contributed by atoms with Crippen LogP contribution < -0.4 is 11.1 Å². The maximum absolute atomic E-state index is 12.0. The number of rotatable bonds is 7. The van der Waals surface area contributed by atoms with Gasteiger partial charge in [0.15, 0.2) is 0 Å². The van der Waals surface area contributed by atoms with Crippen LogP contribution in [0.3, 0.4) is 0 Å². The van der Waals surface area contributed by atoms with E-state index < -0.39 is 6.04 Å². The Morgan fingerprint density at radius 2 is 1.85 bits per heavy atom. The van der Waals surface area contributed by atoms with Gasteiger partial charge in [0.1, 0.15) is 0 Å². The van der Waals surface area contributed by atoms with E-state index >= 15 is 0 Å². The molecule has 0 aliphatic carbocycles. The third-order valence-corrected chi connectivity index (χ3v) is 3.83. The van der Waals surface area contributed by atoms with Gasteiger partial charge in [0.05, 0.1) is 19.3 Å². The number of nitrogens with zero attached hydrogens (tertiary/aromatic N) is 1. The van der Waals surface area contributed by atoms with Crippen LogP contribution in [0.15, 0.2) is 0 Å². The van der Waals surface area contributed by atoms with E-state index in [1.165, 1.54) is 0 Å². The average molecular weight is 285 g/mol. The number of carbonyl (C=O) groups is 1. The molecule has 0 radical (unpaired) electrons. The Morgan fingerprint density at radius 1 is 1.25 bits per heavy atom. The van der Waals surface area contributed by atoms with E-state index in [1.807, 2.05) is 0 Å². The summed E-state index contributed by atoms with van der Waals surface area (Å²) in [6.07, 6.45) is 0.732. The molecule has 5 nitrogen and oxygen atoms in total. The molecule has 0 saturated carbocycles. The lowest BCUT2D eigenvalue weighted by Gasteiger charge is -2.37. The van der Waals surface area contributed by atoms with Crippen LogP contribution in [0, 0.1) is 11.8 Å². The van der Waals surface area contributed by atoms with Gasteiger partial charge in [-0.1, -0.05) is 27.7 Å². The van der Waals surface area contributed by atoms with Crippen molar-refractivity contribution in [2.45, 2.75) is 46.2 Å². The number of hydrogen-bond acceptors (Lipinski definition) is 4. The van der Waals surface area contributed by atoms with Crippen molar-refractivity contribution < 1.29 is 9.53 Å². The monoisotopic (exact) mass is 285 g/mol. The summed E-state index contributed by atoms with van der Waals surface area (Å²) in [5, 5.41) is 3.02. The van der Waals surface area contributed by atoms with Crippen molar-refractivity contribution in [2.24, 2.45) is 17.6 Å². The Kier molecular flexibility index (Phi) is 7.48. The number of morpholine rings is 1. The van der Waals surface area contributed by atoms with Gasteiger partial charge in [0.25, 0.3) is 0 Å². The summed E-state index contributed by atoms with van der Waals surface area (Å²) in [6, 6.07) is -0.0402. The number of nitrogens with one attached hydrogen (secondary N) is 1. The third kappa shape index (κ3) is 5.77. The van der Waals surface area contributed by atoms with Gasteiger partial charge in [0, 0.05) is 25.7 Å². The van der Waals surface area contributed by atoms with Crippen molar-refractivity contribution in [1.29, 1.82) is 0 Å². The molecule has 1 aliphatic heterocycles. The van der Waals surface area contributed by atoms with E-state index in [2.05, 4.69) is 37.9 Å². The second-order valence-corrected chi connectivity index (χ2v) is 6.44. The van der Waals surface area contributed by atoms with Crippen molar-refractivity contribution in [3.63, 3.8) is 0 Å². The summed E-state index contributed by atoms with van der Waals surface area (Å²) in [5.74, 6) is 0.906. The summed E-state index contributed by atoms with van der Waals surface area (Å²) >= 11 is 0. The zero-order valence-electron chi connectivity index (χ0n) is 13.4. The Morgan fingerprint density at radius 3 is 2.35 bits per heavy atom. The summed E-state index contributed by atoms with van der Waals surface area (Å²) < 4.78 is 5.39. The Labute approximate surface area is 123 Å². The molecule has 20 heavy (non-hydrogen) atoms. The van der Waals surface area contributed by atoms with Crippen LogP contribution >= 0.6 is 0 Å². The molecule has 0 bridgehead atoms. The van der Waals surface area contributed by atoms with E-state index in [1.54, 1.807) is 0 Å². The lowest BCUT2D eigenvalue weighted by molar-refractivity contribution is -0.123. The van der Waals surface area contributed by atoms with Gasteiger partial charge in [-0.2, -0.15) is 0 Å². The minimum absolute atomic E-state index is 0.0300. The van der Waals surface area contributed by atoms with Gasteiger partial charge in [-0.15, -0.1) is 0 Å². The summed E-state index contributed by atoms with van der Waals surface area (Å²) in [7, 11) is 0. The molecule has 3 N–H and O–H groups in total. The fourth-order valence-corrected chi connectivity index (χ4v) is 2.65. The van der Waals surface area contributed by atoms with E-state index in [0.717, 1.165) is 32.7 Å². The SMILES string of the molecule is CC(C)C[C@H](N)C(=O)NCC(C(C)C)N1CCOCC1. The molecule has 1 amide bonds. The molecule has 2 atom stereocenters. The number of nitrogens with two attached hydrogens (primary N) is 1. The molecule has 0 aromatic heterocycles. The smallest absolute Gasteiger partial charge is 0.236 e. The highest BCUT2D eigenvalue weighted by molar-refractivity contribution is 5.81. The first-order valence-electron chi connectivity index (χ1n) is 7.77. The molecule has 0 aromatic carbocycles. The molecule has 1 unspecified atom stereocenters. The highest BCUT2D eigenvalue weighted by atomic mass is 16.5. The van der Waals surface area contributed by atoms with Gasteiger partial charge < -0.3 is 15.8 Å². The van der Waals surface area contributed by atoms with Crippen LogP contribution in [-0.2, 0) is 9.53 Å². The van der Waals surface area contributed by atoms with Crippen LogP contribution in [0.1, 0.15) is 34.1 Å². The minimum Gasteiger partial charge on any atom is -0.379 e. The van der Waals surface area contributed by atoms with Crippen molar-refractivity contribution in [3.05, 3.63) is 0 Å². The Bertz CT molecular complexity index is 289. The second kappa shape index (κ2) is 8.60. The van der Waals surface area contributed by atoms with E-state index in [0.29, 0.717) is 24.4 Å². The van der Waals surface area contributed by atoms with E-state index in [9.17, 15) is 4.79 Å². The summed E-state index contributed by atoms with van der Waals surface area (Å²) in [4.78, 5) is 14.4. The largest absolute Gasteiger partial charge is 0.379 e. The van der Waals surface area contributed by atoms with Crippen molar-refractivity contribution in [2.75, 3.05) is 32.8 Å². The molecule has 1 aliphatic rings. The fraction of sp³-hybridized carbons (Fsp3) is 0.933. The molecular formula is C15H31N3O2. The minimum atomic E-state index is -0.396. The first-order chi connectivity index (χ1) is 9.41. The molecule has 1 heterocycles. The molecule has 5 heteroatoms. The predicted molar refractivity (Wildman–Crippen MR) is 81.5 cm³/mol. The predicted octanol–water partition coefficient (Wildman–Crippen LogP) is 0.833. The lowest BCUT2D eigenvalue weighted by Crippen LogP contribution is -2.53. The van der Waals surface area contributed by atoms with Gasteiger partial charge in [-0.05, 0) is 18.3 Å². The molecule has 118 valence electrons. The van der Waals surface area contributed by atoms with E-state index in [4.69, 9.17) is 10.5 Å². The zero-order chi connectivity index (χ0) is 15.1. The Hall–Kier alpha value is -0.650. The molecule has 1 saturated heterocycles. The zero-order valence-corrected chi connectivity index (χ0v) is 13.4. The first kappa shape index (κ1) is 17.4. The molecule has 0 spiro atoms. The molecule has 1 rings (SSSR count). The number of carbonyl (C=O) groups excluding carboxylic acids is 1. The van der Waals surface area contributed by atoms with E-state index in [-0.39, 0.29) is 5.91 Å². The maximum Gasteiger partial charge on any atom is 0.236 e. The van der Waals surface area contributed by atoms with Crippen molar-refractivity contribution in [3.8, 4) is 0 Å². The quantitative estimate of drug-likeness (QED) is 0.727. The Balaban J connectivity index is 2.44. The third-order valence-electron chi connectivity index (χ3n) is 3.83. The average Bonchev–Trinajstić information content (AvgIpc) is 2.38. The molecule has 1 fully saturated rings. The summed E-state index contributed by atoms with van der Waals surface area (Å²) in [5.41, 5.74) is 5.91. The van der Waals surface area contributed by atoms with Gasteiger partial charge in [-0.25, -0.2) is 0 Å². The number of ether oxygens (including phenoxy) is 1. The van der Waals surface area contributed by atoms with Crippen LogP contribution in [-0.4, -0.2) is 55.7 Å². The second-order valence-electron chi connectivity index (χ2n) is 6.44. The molecule has 0 aromatic rings. The normalized spacial score (nSPS) is 20.1. The van der Waals surface area contributed by atoms with Crippen LogP contribution in [0.25, 0.3) is 0 Å². The number of hydrogen-bond donors (Lipinski definition) is 2. The highest BCUT2D eigenvalue weighted by Crippen LogP contribution is 2.12. The van der Waals surface area contributed by atoms with Gasteiger partial charge in [-0.3, -0.25) is 9.69 Å². The first-order valence-corrected chi connectivity index (χ1v) is 7.77. The summed E-state index contributed by atoms with van der Waals surface area (Å²) in [6.45, 7) is 12.7. The van der Waals surface area contributed by atoms with Crippen LogP contribution in [0.2, 0.25) is 0 Å². The highest BCUT2D eigenvalue weighted by Gasteiger charge is 2.25. The van der Waals surface area contributed by atoms with Gasteiger partial charge in [0.2, 0.25) is 5.91 Å². The van der Waals surface area contributed by atoms with Gasteiger partial charge >= 0.3 is 0 Å². The van der Waals surface area contributed by atoms with Crippen molar-refractivity contribution in [1.82, 2.24) is 10.2 Å². The fourth-order valence-electron chi connectivity index (χ4n) is 2.65. The topological polar surface area (TPSA) is 67.6 Å². The van der Waals surface area contributed by atoms with Crippen LogP contribution in [0.4, 0.5) is 0 Å². The molecular weight excluding hydrogens is 254 g/mol. The standard InChI is InChI=1S/C15H31N3O2/c1-11(2)9-13(16)15(19)17-10-14(12(3)4)18-5-7-20-8-6-18/h11-14H,5-10,16H2,1-4H3,(H,17,19)/t13-,14?/m0/s1.